The summed E-state index contributed by atoms with van der Waals surface area (Å²) >= 11 is 0. The number of nitrogens with zero attached hydrogens (tertiary/aromatic N) is 1. The van der Waals surface area contributed by atoms with E-state index in [0.717, 1.165) is 19.6 Å². The first-order valence-corrected chi connectivity index (χ1v) is 5.06. The van der Waals surface area contributed by atoms with E-state index in [0.29, 0.717) is 0 Å². The molecule has 0 saturated carbocycles. The molecule has 2 heterocycles. The van der Waals surface area contributed by atoms with Gasteiger partial charge in [-0.1, -0.05) is 20.8 Å². The topological polar surface area (TPSA) is 24.4 Å². The Balaban J connectivity index is 2.28. The summed E-state index contributed by atoms with van der Waals surface area (Å²) < 4.78 is 0. The van der Waals surface area contributed by atoms with Crippen LogP contribution in [0.15, 0.2) is 16.1 Å². The van der Waals surface area contributed by atoms with Crippen molar-refractivity contribution in [2.75, 3.05) is 19.6 Å². The van der Waals surface area contributed by atoms with Crippen LogP contribution < -0.4 is 5.32 Å². The van der Waals surface area contributed by atoms with Crippen molar-refractivity contribution in [2.45, 2.75) is 27.2 Å². The fourth-order valence-corrected chi connectivity index (χ4v) is 2.13. The fourth-order valence-electron chi connectivity index (χ4n) is 2.13. The highest BCUT2D eigenvalue weighted by atomic mass is 14.9. The van der Waals surface area contributed by atoms with Crippen molar-refractivity contribution >= 4 is 5.71 Å². The molecule has 0 aromatic heterocycles. The number of hydrogen-bond acceptors (Lipinski definition) is 2. The van der Waals surface area contributed by atoms with E-state index in [1.807, 2.05) is 0 Å². The van der Waals surface area contributed by atoms with Crippen LogP contribution in [0.1, 0.15) is 27.2 Å². The van der Waals surface area contributed by atoms with Gasteiger partial charge in [-0.05, 0) is 24.1 Å². The molecule has 0 saturated heterocycles. The van der Waals surface area contributed by atoms with Crippen LogP contribution in [0.4, 0.5) is 0 Å². The minimum absolute atomic E-state index is 0.231. The highest BCUT2D eigenvalue weighted by Crippen LogP contribution is 2.30. The lowest BCUT2D eigenvalue weighted by atomic mass is 9.83. The summed E-state index contributed by atoms with van der Waals surface area (Å²) in [7, 11) is 0. The monoisotopic (exact) mass is 178 g/mol. The van der Waals surface area contributed by atoms with Crippen LogP contribution in [0.25, 0.3) is 0 Å². The smallest absolute Gasteiger partial charge is 0.0622 e. The van der Waals surface area contributed by atoms with Crippen molar-refractivity contribution in [3.8, 4) is 0 Å². The van der Waals surface area contributed by atoms with E-state index in [1.54, 1.807) is 5.57 Å². The van der Waals surface area contributed by atoms with Crippen molar-refractivity contribution in [3.05, 3.63) is 11.1 Å². The number of rotatable bonds is 0. The minimum Gasteiger partial charge on any atom is -0.313 e. The van der Waals surface area contributed by atoms with Gasteiger partial charge in [-0.3, -0.25) is 4.99 Å². The van der Waals surface area contributed by atoms with Crippen LogP contribution in [-0.4, -0.2) is 25.3 Å². The van der Waals surface area contributed by atoms with Crippen molar-refractivity contribution in [2.24, 2.45) is 10.4 Å². The maximum Gasteiger partial charge on any atom is 0.0622 e. The average Bonchev–Trinajstić information content (AvgIpc) is 2.45. The molecule has 2 aliphatic heterocycles. The van der Waals surface area contributed by atoms with E-state index in [2.05, 4.69) is 31.1 Å². The molecular weight excluding hydrogens is 160 g/mol. The van der Waals surface area contributed by atoms with Crippen molar-refractivity contribution < 1.29 is 0 Å². The van der Waals surface area contributed by atoms with Crippen LogP contribution in [0.3, 0.4) is 0 Å². The van der Waals surface area contributed by atoms with Crippen LogP contribution in [0.2, 0.25) is 0 Å². The molecule has 0 fully saturated rings. The lowest BCUT2D eigenvalue weighted by Crippen LogP contribution is -2.29. The molecule has 2 nitrogen and oxygen atoms in total. The summed E-state index contributed by atoms with van der Waals surface area (Å²) in [5, 5.41) is 3.40. The zero-order valence-electron chi connectivity index (χ0n) is 8.78. The fraction of sp³-hybridized carbons (Fsp3) is 0.727. The van der Waals surface area contributed by atoms with E-state index in [4.69, 9.17) is 0 Å². The normalized spacial score (nSPS) is 23.2. The van der Waals surface area contributed by atoms with Gasteiger partial charge in [0.1, 0.15) is 0 Å². The largest absolute Gasteiger partial charge is 0.313 e. The molecule has 0 spiro atoms. The number of nitrogens with one attached hydrogen (secondary N) is 1. The molecule has 0 aromatic rings. The third-order valence-electron chi connectivity index (χ3n) is 2.74. The molecule has 13 heavy (non-hydrogen) atoms. The van der Waals surface area contributed by atoms with Crippen LogP contribution >= 0.6 is 0 Å². The van der Waals surface area contributed by atoms with Crippen molar-refractivity contribution in [1.29, 1.82) is 0 Å². The SMILES string of the molecule is CC(C)(C)C1=NCC2=C1CCNC2. The Morgan fingerprint density at radius 3 is 2.77 bits per heavy atom. The first-order valence-electron chi connectivity index (χ1n) is 5.06. The molecule has 0 aromatic carbocycles. The summed E-state index contributed by atoms with van der Waals surface area (Å²) in [6.45, 7) is 9.87. The van der Waals surface area contributed by atoms with Gasteiger partial charge in [0.15, 0.2) is 0 Å². The highest BCUT2D eigenvalue weighted by Gasteiger charge is 2.29. The summed E-state index contributed by atoms with van der Waals surface area (Å²) in [5.41, 5.74) is 4.65. The van der Waals surface area contributed by atoms with E-state index < -0.39 is 0 Å². The molecule has 2 heteroatoms. The standard InChI is InChI=1S/C11H18N2/c1-11(2,3)10-9-4-5-12-6-8(9)7-13-10/h12H,4-7H2,1-3H3. The van der Waals surface area contributed by atoms with E-state index in [9.17, 15) is 0 Å². The summed E-state index contributed by atoms with van der Waals surface area (Å²) in [4.78, 5) is 4.65. The zero-order chi connectivity index (χ0) is 9.47. The maximum atomic E-state index is 4.65. The Labute approximate surface area is 80.1 Å². The Morgan fingerprint density at radius 2 is 2.08 bits per heavy atom. The Morgan fingerprint density at radius 1 is 1.31 bits per heavy atom. The average molecular weight is 178 g/mol. The predicted octanol–water partition coefficient (Wildman–Crippen LogP) is 1.78. The van der Waals surface area contributed by atoms with Gasteiger partial charge in [0, 0.05) is 17.7 Å². The van der Waals surface area contributed by atoms with E-state index in [-0.39, 0.29) is 5.41 Å². The third-order valence-corrected chi connectivity index (χ3v) is 2.74. The summed E-state index contributed by atoms with van der Waals surface area (Å²) in [5.74, 6) is 0. The lowest BCUT2D eigenvalue weighted by molar-refractivity contribution is 0.586. The zero-order valence-corrected chi connectivity index (χ0v) is 8.78. The quantitative estimate of drug-likeness (QED) is 0.600. The second kappa shape index (κ2) is 2.95. The molecule has 72 valence electrons. The number of hydrogen-bond donors (Lipinski definition) is 1. The van der Waals surface area contributed by atoms with Gasteiger partial charge >= 0.3 is 0 Å². The van der Waals surface area contributed by atoms with Crippen molar-refractivity contribution in [1.82, 2.24) is 5.32 Å². The summed E-state index contributed by atoms with van der Waals surface area (Å²) in [6, 6.07) is 0. The molecular formula is C11H18N2. The molecule has 2 rings (SSSR count). The maximum absolute atomic E-state index is 4.65. The molecule has 0 bridgehead atoms. The molecule has 0 atom stereocenters. The van der Waals surface area contributed by atoms with Gasteiger partial charge in [-0.2, -0.15) is 0 Å². The lowest BCUT2D eigenvalue weighted by Gasteiger charge is -2.24. The molecule has 0 radical (unpaired) electrons. The first kappa shape index (κ1) is 8.95. The van der Waals surface area contributed by atoms with Crippen LogP contribution in [0.5, 0.6) is 0 Å². The molecule has 0 unspecified atom stereocenters. The second-order valence-corrected chi connectivity index (χ2v) is 4.92. The van der Waals surface area contributed by atoms with Crippen LogP contribution in [0, 0.1) is 5.41 Å². The van der Waals surface area contributed by atoms with Gasteiger partial charge in [-0.25, -0.2) is 0 Å². The van der Waals surface area contributed by atoms with Gasteiger partial charge in [0.05, 0.1) is 6.54 Å². The predicted molar refractivity (Wildman–Crippen MR) is 56.3 cm³/mol. The highest BCUT2D eigenvalue weighted by molar-refractivity contribution is 6.06. The molecule has 0 amide bonds. The van der Waals surface area contributed by atoms with Gasteiger partial charge in [0.2, 0.25) is 0 Å². The molecule has 1 N–H and O–H groups in total. The minimum atomic E-state index is 0.231. The van der Waals surface area contributed by atoms with E-state index >= 15 is 0 Å². The Bertz CT molecular complexity index is 279. The summed E-state index contributed by atoms with van der Waals surface area (Å²) in [6.07, 6.45) is 1.17. The molecule has 2 aliphatic rings. The second-order valence-electron chi connectivity index (χ2n) is 4.92. The van der Waals surface area contributed by atoms with Gasteiger partial charge in [-0.15, -0.1) is 0 Å². The third kappa shape index (κ3) is 1.55. The Kier molecular flexibility index (Phi) is 2.03. The van der Waals surface area contributed by atoms with Crippen molar-refractivity contribution in [3.63, 3.8) is 0 Å². The van der Waals surface area contributed by atoms with E-state index in [1.165, 1.54) is 17.7 Å². The van der Waals surface area contributed by atoms with Gasteiger partial charge in [0.25, 0.3) is 0 Å². The van der Waals surface area contributed by atoms with Gasteiger partial charge < -0.3 is 5.32 Å². The number of aliphatic imine (C=N–C) groups is 1. The van der Waals surface area contributed by atoms with Crippen LogP contribution in [-0.2, 0) is 0 Å². The first-order chi connectivity index (χ1) is 6.09. The Hall–Kier alpha value is -0.630. The molecule has 0 aliphatic carbocycles.